The highest BCUT2D eigenvalue weighted by atomic mass is 32.2. The van der Waals surface area contributed by atoms with Crippen LogP contribution in [-0.2, 0) is 4.79 Å². The molecule has 0 aliphatic heterocycles. The van der Waals surface area contributed by atoms with Crippen LogP contribution in [0.15, 0.2) is 0 Å². The molecule has 60 valence electrons. The lowest BCUT2D eigenvalue weighted by atomic mass is 10.6. The number of nitrogens with one attached hydrogen (secondary N) is 1. The molecule has 0 aromatic heterocycles. The molecule has 0 aromatic carbocycles. The number of carbonyl (C=O) groups is 1. The van der Waals surface area contributed by atoms with Crippen LogP contribution in [0.3, 0.4) is 0 Å². The number of amides is 1. The maximum absolute atomic E-state index is 10.7. The Bertz CT molecular complexity index is 97.7. The topological polar surface area (TPSA) is 55.1 Å². The van der Waals surface area contributed by atoms with Gasteiger partial charge in [-0.1, -0.05) is 0 Å². The zero-order valence-corrected chi connectivity index (χ0v) is 7.04. The Morgan fingerprint density at radius 1 is 1.70 bits per heavy atom. The molecule has 3 N–H and O–H groups in total. The summed E-state index contributed by atoms with van der Waals surface area (Å²) < 4.78 is 0. The SMILES string of the molecule is CCNC(=O)CSCCN. The highest BCUT2D eigenvalue weighted by Crippen LogP contribution is 1.95. The molecule has 0 rings (SSSR count). The molecule has 0 spiro atoms. The molecule has 4 heteroatoms. The first kappa shape index (κ1) is 9.78. The van der Waals surface area contributed by atoms with E-state index in [1.165, 1.54) is 0 Å². The number of nitrogens with two attached hydrogens (primary N) is 1. The van der Waals surface area contributed by atoms with Crippen LogP contribution in [-0.4, -0.2) is 30.5 Å². The Morgan fingerprint density at radius 3 is 2.90 bits per heavy atom. The predicted octanol–water partition coefficient (Wildman–Crippen LogP) is -0.186. The van der Waals surface area contributed by atoms with E-state index < -0.39 is 0 Å². The fourth-order valence-corrected chi connectivity index (χ4v) is 1.09. The van der Waals surface area contributed by atoms with Gasteiger partial charge in [-0.15, -0.1) is 0 Å². The van der Waals surface area contributed by atoms with E-state index in [1.54, 1.807) is 11.8 Å². The molecule has 0 bridgehead atoms. The summed E-state index contributed by atoms with van der Waals surface area (Å²) in [5.74, 6) is 1.49. The van der Waals surface area contributed by atoms with Crippen LogP contribution in [0.1, 0.15) is 6.92 Å². The van der Waals surface area contributed by atoms with Crippen molar-refractivity contribution in [1.82, 2.24) is 5.32 Å². The molecule has 0 atom stereocenters. The summed E-state index contributed by atoms with van der Waals surface area (Å²) in [6.07, 6.45) is 0. The van der Waals surface area contributed by atoms with Crippen LogP contribution in [0.4, 0.5) is 0 Å². The maximum Gasteiger partial charge on any atom is 0.229 e. The second-order valence-corrected chi connectivity index (χ2v) is 2.90. The molecule has 0 unspecified atom stereocenters. The van der Waals surface area contributed by atoms with E-state index in [-0.39, 0.29) is 5.91 Å². The molecule has 0 saturated carbocycles. The van der Waals surface area contributed by atoms with Crippen LogP contribution in [0.5, 0.6) is 0 Å². The molecule has 0 heterocycles. The predicted molar refractivity (Wildman–Crippen MR) is 45.1 cm³/mol. The summed E-state index contributed by atoms with van der Waals surface area (Å²) >= 11 is 1.56. The molecule has 0 radical (unpaired) electrons. The minimum Gasteiger partial charge on any atom is -0.356 e. The third-order valence-electron chi connectivity index (χ3n) is 0.869. The van der Waals surface area contributed by atoms with Crippen molar-refractivity contribution in [2.45, 2.75) is 6.92 Å². The number of thioether (sulfide) groups is 1. The number of hydrogen-bond acceptors (Lipinski definition) is 3. The minimum absolute atomic E-state index is 0.0981. The van der Waals surface area contributed by atoms with Gasteiger partial charge in [0.05, 0.1) is 5.75 Å². The van der Waals surface area contributed by atoms with E-state index in [0.717, 1.165) is 5.75 Å². The van der Waals surface area contributed by atoms with E-state index in [2.05, 4.69) is 5.32 Å². The Kier molecular flexibility index (Phi) is 6.74. The first-order valence-electron chi connectivity index (χ1n) is 3.35. The van der Waals surface area contributed by atoms with E-state index in [1.807, 2.05) is 6.92 Å². The first-order chi connectivity index (χ1) is 4.81. The normalized spacial score (nSPS) is 9.40. The highest BCUT2D eigenvalue weighted by molar-refractivity contribution is 7.99. The summed E-state index contributed by atoms with van der Waals surface area (Å²) in [5, 5.41) is 2.70. The van der Waals surface area contributed by atoms with Gasteiger partial charge in [0, 0.05) is 18.8 Å². The second-order valence-electron chi connectivity index (χ2n) is 1.79. The van der Waals surface area contributed by atoms with Gasteiger partial charge in [0.25, 0.3) is 0 Å². The van der Waals surface area contributed by atoms with Gasteiger partial charge in [-0.25, -0.2) is 0 Å². The Labute approximate surface area is 65.7 Å². The fraction of sp³-hybridized carbons (Fsp3) is 0.833. The standard InChI is InChI=1S/C6H14N2OS/c1-2-8-6(9)5-10-4-3-7/h2-5,7H2,1H3,(H,8,9). The number of carbonyl (C=O) groups excluding carboxylic acids is 1. The van der Waals surface area contributed by atoms with Gasteiger partial charge in [-0.3, -0.25) is 4.79 Å². The quantitative estimate of drug-likeness (QED) is 0.551. The van der Waals surface area contributed by atoms with Crippen molar-refractivity contribution in [3.8, 4) is 0 Å². The summed E-state index contributed by atoms with van der Waals surface area (Å²) in [6, 6.07) is 0. The minimum atomic E-state index is 0.0981. The second kappa shape index (κ2) is 6.89. The van der Waals surface area contributed by atoms with Crippen LogP contribution < -0.4 is 11.1 Å². The fourth-order valence-electron chi connectivity index (χ4n) is 0.496. The number of rotatable bonds is 5. The maximum atomic E-state index is 10.7. The van der Waals surface area contributed by atoms with Crippen molar-refractivity contribution in [2.24, 2.45) is 5.73 Å². The molecule has 0 saturated heterocycles. The summed E-state index contributed by atoms with van der Waals surface area (Å²) in [5.41, 5.74) is 5.24. The average Bonchev–Trinajstić information content (AvgIpc) is 1.89. The van der Waals surface area contributed by atoms with E-state index in [4.69, 9.17) is 5.73 Å². The van der Waals surface area contributed by atoms with Gasteiger partial charge in [0.15, 0.2) is 0 Å². The van der Waals surface area contributed by atoms with Crippen molar-refractivity contribution >= 4 is 17.7 Å². The lowest BCUT2D eigenvalue weighted by molar-refractivity contribution is -0.118. The van der Waals surface area contributed by atoms with Crippen LogP contribution in [0, 0.1) is 0 Å². The summed E-state index contributed by atoms with van der Waals surface area (Å²) in [6.45, 7) is 3.26. The molecule has 0 fully saturated rings. The molecule has 0 aliphatic carbocycles. The lowest BCUT2D eigenvalue weighted by Gasteiger charge is -1.99. The zero-order chi connectivity index (χ0) is 7.82. The smallest absolute Gasteiger partial charge is 0.229 e. The molecule has 0 aromatic rings. The highest BCUT2D eigenvalue weighted by Gasteiger charge is 1.96. The monoisotopic (exact) mass is 162 g/mol. The van der Waals surface area contributed by atoms with Crippen molar-refractivity contribution in [1.29, 1.82) is 0 Å². The molecule has 1 amide bonds. The lowest BCUT2D eigenvalue weighted by Crippen LogP contribution is -2.24. The Hall–Kier alpha value is -0.220. The van der Waals surface area contributed by atoms with Crippen molar-refractivity contribution in [3.05, 3.63) is 0 Å². The third kappa shape index (κ3) is 5.91. The molecular formula is C6H14N2OS. The van der Waals surface area contributed by atoms with Gasteiger partial charge < -0.3 is 11.1 Å². The van der Waals surface area contributed by atoms with Gasteiger partial charge in [0.2, 0.25) is 5.91 Å². The van der Waals surface area contributed by atoms with Gasteiger partial charge in [-0.2, -0.15) is 11.8 Å². The van der Waals surface area contributed by atoms with Crippen LogP contribution in [0.25, 0.3) is 0 Å². The number of hydrogen-bond donors (Lipinski definition) is 2. The Balaban J connectivity index is 3.05. The molecule has 10 heavy (non-hydrogen) atoms. The molecule has 0 aliphatic rings. The third-order valence-corrected chi connectivity index (χ3v) is 1.86. The molecule has 3 nitrogen and oxygen atoms in total. The van der Waals surface area contributed by atoms with E-state index in [9.17, 15) is 4.79 Å². The van der Waals surface area contributed by atoms with Crippen molar-refractivity contribution in [2.75, 3.05) is 24.6 Å². The van der Waals surface area contributed by atoms with Gasteiger partial charge >= 0.3 is 0 Å². The Morgan fingerprint density at radius 2 is 2.40 bits per heavy atom. The first-order valence-corrected chi connectivity index (χ1v) is 4.51. The van der Waals surface area contributed by atoms with E-state index >= 15 is 0 Å². The summed E-state index contributed by atoms with van der Waals surface area (Å²) in [7, 11) is 0. The van der Waals surface area contributed by atoms with Crippen molar-refractivity contribution in [3.63, 3.8) is 0 Å². The summed E-state index contributed by atoms with van der Waals surface area (Å²) in [4.78, 5) is 10.7. The largest absolute Gasteiger partial charge is 0.356 e. The van der Waals surface area contributed by atoms with Gasteiger partial charge in [0.1, 0.15) is 0 Å². The van der Waals surface area contributed by atoms with E-state index in [0.29, 0.717) is 18.8 Å². The van der Waals surface area contributed by atoms with Crippen LogP contribution >= 0.6 is 11.8 Å². The van der Waals surface area contributed by atoms with Crippen molar-refractivity contribution < 1.29 is 4.79 Å². The zero-order valence-electron chi connectivity index (χ0n) is 6.22. The van der Waals surface area contributed by atoms with Gasteiger partial charge in [-0.05, 0) is 6.92 Å². The average molecular weight is 162 g/mol. The molecular weight excluding hydrogens is 148 g/mol. The van der Waals surface area contributed by atoms with Crippen LogP contribution in [0.2, 0.25) is 0 Å².